The maximum absolute atomic E-state index is 10.1. The van der Waals surface area contributed by atoms with Crippen LogP contribution in [-0.4, -0.2) is 41.4 Å². The molecule has 0 spiro atoms. The fourth-order valence-corrected chi connectivity index (χ4v) is 4.52. The Morgan fingerprint density at radius 1 is 1.44 bits per heavy atom. The topological polar surface area (TPSA) is 69.5 Å². The monoisotopic (exact) mass is 532 g/mol. The maximum Gasteiger partial charge on any atom is 0.191 e. The molecule has 0 amide bonds. The summed E-state index contributed by atoms with van der Waals surface area (Å²) in [5.41, 5.74) is 0. The summed E-state index contributed by atoms with van der Waals surface area (Å²) in [6.45, 7) is 3.93. The van der Waals surface area contributed by atoms with E-state index in [9.17, 15) is 5.11 Å². The van der Waals surface area contributed by atoms with Crippen molar-refractivity contribution in [2.45, 2.75) is 23.8 Å². The van der Waals surface area contributed by atoms with Crippen LogP contribution in [0.2, 0.25) is 4.34 Å². The highest BCUT2D eigenvalue weighted by atomic mass is 127. The number of thiophene rings is 1. The molecule has 10 heteroatoms. The Kier molecular flexibility index (Phi) is 12.1. The number of hydrogen-bond donors (Lipinski definition) is 3. The van der Waals surface area contributed by atoms with Crippen molar-refractivity contribution in [1.82, 2.24) is 15.6 Å². The van der Waals surface area contributed by atoms with Gasteiger partial charge in [0.05, 0.1) is 10.9 Å². The van der Waals surface area contributed by atoms with E-state index >= 15 is 0 Å². The van der Waals surface area contributed by atoms with Gasteiger partial charge < -0.3 is 15.7 Å². The Balaban J connectivity index is 0.00000312. The molecule has 0 aromatic carbocycles. The number of aliphatic hydroxyl groups is 1. The SMILES string of the molecule is CCNC(=NCC(O)c1ccc(Cl)s1)NCCCSc1nccs1.I. The van der Waals surface area contributed by atoms with Crippen LogP contribution in [-0.2, 0) is 0 Å². The molecule has 0 fully saturated rings. The van der Waals surface area contributed by atoms with Gasteiger partial charge in [0, 0.05) is 35.3 Å². The Hall–Kier alpha value is -0.0700. The van der Waals surface area contributed by atoms with E-state index in [2.05, 4.69) is 20.6 Å². The Bertz CT molecular complexity index is 624. The van der Waals surface area contributed by atoms with Gasteiger partial charge in [0.1, 0.15) is 10.4 Å². The zero-order valence-corrected chi connectivity index (χ0v) is 19.3. The molecular formula is C15H22ClIN4OS3. The number of guanidine groups is 1. The third-order valence-electron chi connectivity index (χ3n) is 2.94. The van der Waals surface area contributed by atoms with Crippen molar-refractivity contribution in [3.8, 4) is 0 Å². The van der Waals surface area contributed by atoms with Gasteiger partial charge >= 0.3 is 0 Å². The van der Waals surface area contributed by atoms with Gasteiger partial charge in [-0.05, 0) is 25.5 Å². The minimum Gasteiger partial charge on any atom is -0.386 e. The van der Waals surface area contributed by atoms with Crippen molar-refractivity contribution in [3.63, 3.8) is 0 Å². The normalized spacial score (nSPS) is 12.5. The number of nitrogens with one attached hydrogen (secondary N) is 2. The third-order valence-corrected chi connectivity index (χ3v) is 6.32. The average molecular weight is 533 g/mol. The van der Waals surface area contributed by atoms with Gasteiger partial charge in [-0.2, -0.15) is 0 Å². The van der Waals surface area contributed by atoms with Crippen LogP contribution in [0, 0.1) is 0 Å². The van der Waals surface area contributed by atoms with Gasteiger partial charge in [-0.25, -0.2) is 4.98 Å². The van der Waals surface area contributed by atoms with E-state index < -0.39 is 6.10 Å². The molecule has 3 N–H and O–H groups in total. The lowest BCUT2D eigenvalue weighted by molar-refractivity contribution is 0.191. The van der Waals surface area contributed by atoms with Crippen LogP contribution in [0.1, 0.15) is 24.3 Å². The molecule has 2 rings (SSSR count). The summed E-state index contributed by atoms with van der Waals surface area (Å²) in [6, 6.07) is 3.63. The maximum atomic E-state index is 10.1. The molecule has 0 aliphatic carbocycles. The fraction of sp³-hybridized carbons (Fsp3) is 0.467. The summed E-state index contributed by atoms with van der Waals surface area (Å²) in [5, 5.41) is 18.6. The molecule has 1 atom stereocenters. The molecule has 0 bridgehead atoms. The zero-order chi connectivity index (χ0) is 17.2. The summed E-state index contributed by atoms with van der Waals surface area (Å²) >= 11 is 10.7. The smallest absolute Gasteiger partial charge is 0.191 e. The number of aromatic nitrogens is 1. The molecule has 0 saturated heterocycles. The van der Waals surface area contributed by atoms with E-state index in [0.717, 1.165) is 40.4 Å². The Morgan fingerprint density at radius 2 is 2.28 bits per heavy atom. The van der Waals surface area contributed by atoms with Crippen LogP contribution >= 0.6 is 70.0 Å². The highest BCUT2D eigenvalue weighted by molar-refractivity contribution is 14.0. The second-order valence-electron chi connectivity index (χ2n) is 4.80. The number of thiazole rings is 1. The predicted molar refractivity (Wildman–Crippen MR) is 121 cm³/mol. The van der Waals surface area contributed by atoms with E-state index in [1.54, 1.807) is 29.2 Å². The van der Waals surface area contributed by atoms with Crippen LogP contribution < -0.4 is 10.6 Å². The van der Waals surface area contributed by atoms with E-state index in [1.807, 2.05) is 24.6 Å². The van der Waals surface area contributed by atoms with Gasteiger partial charge in [0.2, 0.25) is 0 Å². The zero-order valence-electron chi connectivity index (χ0n) is 13.8. The number of thioether (sulfide) groups is 1. The summed E-state index contributed by atoms with van der Waals surface area (Å²) in [4.78, 5) is 9.52. The quantitative estimate of drug-likeness (QED) is 0.148. The van der Waals surface area contributed by atoms with Gasteiger partial charge in [-0.3, -0.25) is 4.99 Å². The van der Waals surface area contributed by atoms with Crippen LogP contribution in [0.15, 0.2) is 33.0 Å². The average Bonchev–Trinajstić information content (AvgIpc) is 3.23. The Labute approximate surface area is 182 Å². The number of hydrogen-bond acceptors (Lipinski definition) is 6. The number of rotatable bonds is 9. The number of aliphatic hydroxyl groups excluding tert-OH is 1. The van der Waals surface area contributed by atoms with Gasteiger partial charge in [0.25, 0.3) is 0 Å². The highest BCUT2D eigenvalue weighted by Gasteiger charge is 2.10. The first-order valence-electron chi connectivity index (χ1n) is 7.66. The Morgan fingerprint density at radius 3 is 2.92 bits per heavy atom. The second-order valence-corrected chi connectivity index (χ2v) is 8.79. The number of aliphatic imine (C=N–C) groups is 1. The highest BCUT2D eigenvalue weighted by Crippen LogP contribution is 2.26. The molecular weight excluding hydrogens is 511 g/mol. The van der Waals surface area contributed by atoms with Gasteiger partial charge in [0.15, 0.2) is 5.96 Å². The van der Waals surface area contributed by atoms with E-state index in [-0.39, 0.29) is 24.0 Å². The van der Waals surface area contributed by atoms with Gasteiger partial charge in [-0.1, -0.05) is 23.4 Å². The second kappa shape index (κ2) is 13.2. The van der Waals surface area contributed by atoms with Crippen molar-refractivity contribution in [2.24, 2.45) is 4.99 Å². The predicted octanol–water partition coefficient (Wildman–Crippen LogP) is 4.25. The summed E-state index contributed by atoms with van der Waals surface area (Å²) in [7, 11) is 0. The lowest BCUT2D eigenvalue weighted by Crippen LogP contribution is -2.38. The molecule has 0 aliphatic heterocycles. The number of nitrogens with zero attached hydrogens (tertiary/aromatic N) is 2. The molecule has 2 aromatic rings. The summed E-state index contributed by atoms with van der Waals surface area (Å²) in [5.74, 6) is 1.73. The summed E-state index contributed by atoms with van der Waals surface area (Å²) in [6.07, 6.45) is 2.21. The molecule has 2 heterocycles. The third kappa shape index (κ3) is 8.91. The standard InChI is InChI=1S/C15H21ClN4OS3.HI/c1-2-17-14(18-6-3-8-22-15-19-7-9-23-15)20-10-11(21)12-4-5-13(16)24-12;/h4-5,7,9,11,21H,2-3,6,8,10H2,1H3,(H2,17,18,20);1H. The molecule has 2 aromatic heterocycles. The van der Waals surface area contributed by atoms with Crippen molar-refractivity contribution in [3.05, 3.63) is 32.9 Å². The fourth-order valence-electron chi connectivity index (χ4n) is 1.84. The van der Waals surface area contributed by atoms with Crippen molar-refractivity contribution < 1.29 is 5.11 Å². The van der Waals surface area contributed by atoms with Crippen molar-refractivity contribution in [1.29, 1.82) is 0 Å². The van der Waals surface area contributed by atoms with Crippen molar-refractivity contribution >= 4 is 76.0 Å². The number of halogens is 2. The lowest BCUT2D eigenvalue weighted by atomic mass is 10.3. The first-order valence-corrected chi connectivity index (χ1v) is 10.7. The molecule has 25 heavy (non-hydrogen) atoms. The molecule has 0 radical (unpaired) electrons. The van der Waals surface area contributed by atoms with Crippen LogP contribution in [0.5, 0.6) is 0 Å². The first kappa shape index (κ1) is 23.0. The van der Waals surface area contributed by atoms with Crippen molar-refractivity contribution in [2.75, 3.05) is 25.4 Å². The minimum atomic E-state index is -0.626. The molecule has 5 nitrogen and oxygen atoms in total. The summed E-state index contributed by atoms with van der Waals surface area (Å²) < 4.78 is 1.78. The van der Waals surface area contributed by atoms with E-state index in [1.165, 1.54) is 11.3 Å². The molecule has 0 saturated carbocycles. The minimum absolute atomic E-state index is 0. The van der Waals surface area contributed by atoms with E-state index in [4.69, 9.17) is 11.6 Å². The van der Waals surface area contributed by atoms with Crippen LogP contribution in [0.4, 0.5) is 0 Å². The molecule has 0 aliphatic rings. The molecule has 1 unspecified atom stereocenters. The van der Waals surface area contributed by atoms with Gasteiger partial charge in [-0.15, -0.1) is 46.7 Å². The first-order chi connectivity index (χ1) is 11.7. The van der Waals surface area contributed by atoms with E-state index in [0.29, 0.717) is 10.9 Å². The largest absolute Gasteiger partial charge is 0.386 e. The van der Waals surface area contributed by atoms with Crippen LogP contribution in [0.25, 0.3) is 0 Å². The molecule has 140 valence electrons. The van der Waals surface area contributed by atoms with Crippen LogP contribution in [0.3, 0.4) is 0 Å². The lowest BCUT2D eigenvalue weighted by Gasteiger charge is -2.12.